The zero-order chi connectivity index (χ0) is 9.97. The van der Waals surface area contributed by atoms with Gasteiger partial charge in [-0.15, -0.1) is 5.48 Å². The summed E-state index contributed by atoms with van der Waals surface area (Å²) in [7, 11) is 0. The summed E-state index contributed by atoms with van der Waals surface area (Å²) >= 11 is 3.30. The summed E-state index contributed by atoms with van der Waals surface area (Å²) in [5, 5.41) is 0. The quantitative estimate of drug-likeness (QED) is 0.843. The third-order valence-corrected chi connectivity index (χ3v) is 2.50. The predicted octanol–water partition coefficient (Wildman–Crippen LogP) is 2.27. The first-order chi connectivity index (χ1) is 6.75. The van der Waals surface area contributed by atoms with Gasteiger partial charge in [0.2, 0.25) is 0 Å². The highest BCUT2D eigenvalue weighted by molar-refractivity contribution is 9.10. The monoisotopic (exact) mass is 255 g/mol. The first-order valence-electron chi connectivity index (χ1n) is 4.48. The van der Waals surface area contributed by atoms with Crippen LogP contribution in [0.15, 0.2) is 28.7 Å². The average molecular weight is 256 g/mol. The normalized spacial score (nSPS) is 15.2. The first-order valence-corrected chi connectivity index (χ1v) is 5.27. The number of hydrogen-bond donors (Lipinski definition) is 1. The molecule has 4 heteroatoms. The molecule has 0 bridgehead atoms. The van der Waals surface area contributed by atoms with Gasteiger partial charge >= 0.3 is 5.97 Å². The molecule has 0 saturated heterocycles. The van der Waals surface area contributed by atoms with Crippen LogP contribution in [0.3, 0.4) is 0 Å². The third-order valence-electron chi connectivity index (χ3n) is 1.98. The lowest BCUT2D eigenvalue weighted by Crippen LogP contribution is -2.21. The van der Waals surface area contributed by atoms with E-state index in [-0.39, 0.29) is 5.97 Å². The van der Waals surface area contributed by atoms with Crippen LogP contribution in [0.25, 0.3) is 0 Å². The SMILES string of the molecule is O=C(ONC1CC1)c1ccc(Br)cc1. The van der Waals surface area contributed by atoms with E-state index in [0.29, 0.717) is 11.6 Å². The van der Waals surface area contributed by atoms with Crippen LogP contribution in [0.1, 0.15) is 23.2 Å². The highest BCUT2D eigenvalue weighted by Crippen LogP contribution is 2.19. The lowest BCUT2D eigenvalue weighted by atomic mass is 10.2. The standard InChI is InChI=1S/C10H10BrNO2/c11-8-3-1-7(2-4-8)10(13)14-12-9-5-6-9/h1-4,9,12H,5-6H2. The van der Waals surface area contributed by atoms with Crippen molar-refractivity contribution in [3.05, 3.63) is 34.3 Å². The third kappa shape index (κ3) is 2.56. The van der Waals surface area contributed by atoms with Gasteiger partial charge in [-0.25, -0.2) is 4.79 Å². The molecule has 0 unspecified atom stereocenters. The van der Waals surface area contributed by atoms with Gasteiger partial charge in [0.25, 0.3) is 0 Å². The van der Waals surface area contributed by atoms with Gasteiger partial charge < -0.3 is 4.84 Å². The smallest absolute Gasteiger partial charge is 0.356 e. The molecule has 0 amide bonds. The number of nitrogens with one attached hydrogen (secondary N) is 1. The summed E-state index contributed by atoms with van der Waals surface area (Å²) in [6.07, 6.45) is 2.18. The Hall–Kier alpha value is -0.870. The van der Waals surface area contributed by atoms with Gasteiger partial charge in [-0.2, -0.15) is 0 Å². The molecule has 1 aromatic carbocycles. The van der Waals surface area contributed by atoms with Crippen molar-refractivity contribution >= 4 is 21.9 Å². The van der Waals surface area contributed by atoms with E-state index in [1.807, 2.05) is 12.1 Å². The zero-order valence-electron chi connectivity index (χ0n) is 7.50. The Balaban J connectivity index is 1.92. The van der Waals surface area contributed by atoms with Gasteiger partial charge in [-0.05, 0) is 37.1 Å². The molecule has 1 aliphatic rings. The first kappa shape index (κ1) is 9.68. The molecule has 0 aromatic heterocycles. The van der Waals surface area contributed by atoms with Crippen molar-refractivity contribution in [2.75, 3.05) is 0 Å². The van der Waals surface area contributed by atoms with Crippen LogP contribution in [-0.2, 0) is 4.84 Å². The van der Waals surface area contributed by atoms with Crippen molar-refractivity contribution in [3.63, 3.8) is 0 Å². The summed E-state index contributed by atoms with van der Waals surface area (Å²) in [4.78, 5) is 16.3. The number of halogens is 1. The van der Waals surface area contributed by atoms with Gasteiger partial charge in [0, 0.05) is 10.5 Å². The Morgan fingerprint density at radius 2 is 2.00 bits per heavy atom. The number of hydrogen-bond acceptors (Lipinski definition) is 3. The predicted molar refractivity (Wildman–Crippen MR) is 55.7 cm³/mol. The molecule has 2 rings (SSSR count). The van der Waals surface area contributed by atoms with Crippen LogP contribution in [-0.4, -0.2) is 12.0 Å². The minimum atomic E-state index is -0.329. The summed E-state index contributed by atoms with van der Waals surface area (Å²) in [5.41, 5.74) is 3.26. The van der Waals surface area contributed by atoms with Crippen LogP contribution < -0.4 is 5.48 Å². The Morgan fingerprint density at radius 1 is 1.36 bits per heavy atom. The summed E-state index contributed by atoms with van der Waals surface area (Å²) in [5.74, 6) is -0.329. The molecule has 1 aliphatic carbocycles. The van der Waals surface area contributed by atoms with Crippen molar-refractivity contribution in [2.24, 2.45) is 0 Å². The van der Waals surface area contributed by atoms with E-state index >= 15 is 0 Å². The molecule has 1 aromatic rings. The Bertz CT molecular complexity index is 332. The summed E-state index contributed by atoms with van der Waals surface area (Å²) < 4.78 is 0.948. The molecule has 1 saturated carbocycles. The maximum atomic E-state index is 11.4. The molecule has 3 nitrogen and oxygen atoms in total. The van der Waals surface area contributed by atoms with Crippen LogP contribution in [0.5, 0.6) is 0 Å². The molecule has 1 N–H and O–H groups in total. The highest BCUT2D eigenvalue weighted by atomic mass is 79.9. The second-order valence-corrected chi connectivity index (χ2v) is 4.20. The topological polar surface area (TPSA) is 38.3 Å². The van der Waals surface area contributed by atoms with Gasteiger partial charge in [0.15, 0.2) is 0 Å². The van der Waals surface area contributed by atoms with E-state index in [0.717, 1.165) is 17.3 Å². The second-order valence-electron chi connectivity index (χ2n) is 3.29. The fourth-order valence-electron chi connectivity index (χ4n) is 0.983. The van der Waals surface area contributed by atoms with Crippen molar-refractivity contribution in [1.29, 1.82) is 0 Å². The minimum absolute atomic E-state index is 0.329. The molecule has 1 fully saturated rings. The maximum Gasteiger partial charge on any atom is 0.356 e. The lowest BCUT2D eigenvalue weighted by Gasteiger charge is -2.03. The van der Waals surface area contributed by atoms with E-state index in [1.165, 1.54) is 0 Å². The van der Waals surface area contributed by atoms with Gasteiger partial charge in [-0.3, -0.25) is 0 Å². The van der Waals surface area contributed by atoms with Gasteiger partial charge in [-0.1, -0.05) is 15.9 Å². The van der Waals surface area contributed by atoms with Crippen molar-refractivity contribution in [2.45, 2.75) is 18.9 Å². The van der Waals surface area contributed by atoms with Crippen molar-refractivity contribution in [3.8, 4) is 0 Å². The molecule has 0 heterocycles. The fraction of sp³-hybridized carbons (Fsp3) is 0.300. The van der Waals surface area contributed by atoms with E-state index in [9.17, 15) is 4.79 Å². The Morgan fingerprint density at radius 3 is 2.57 bits per heavy atom. The number of carbonyl (C=O) groups is 1. The molecule has 0 atom stereocenters. The maximum absolute atomic E-state index is 11.4. The van der Waals surface area contributed by atoms with E-state index < -0.39 is 0 Å². The molecule has 14 heavy (non-hydrogen) atoms. The van der Waals surface area contributed by atoms with Gasteiger partial charge in [0.1, 0.15) is 0 Å². The Kier molecular flexibility index (Phi) is 2.84. The van der Waals surface area contributed by atoms with Crippen LogP contribution in [0.4, 0.5) is 0 Å². The van der Waals surface area contributed by atoms with Crippen LogP contribution in [0.2, 0.25) is 0 Å². The molecule has 0 spiro atoms. The fourth-order valence-corrected chi connectivity index (χ4v) is 1.25. The molecular formula is C10H10BrNO2. The van der Waals surface area contributed by atoms with Crippen LogP contribution >= 0.6 is 15.9 Å². The number of benzene rings is 1. The van der Waals surface area contributed by atoms with E-state index in [4.69, 9.17) is 4.84 Å². The lowest BCUT2D eigenvalue weighted by molar-refractivity contribution is 0.0236. The average Bonchev–Trinajstić information content (AvgIpc) is 2.99. The Labute approximate surface area is 90.5 Å². The van der Waals surface area contributed by atoms with Gasteiger partial charge in [0.05, 0.1) is 5.56 Å². The molecule has 74 valence electrons. The summed E-state index contributed by atoms with van der Waals surface area (Å²) in [6.45, 7) is 0. The zero-order valence-corrected chi connectivity index (χ0v) is 9.08. The highest BCUT2D eigenvalue weighted by Gasteiger charge is 2.22. The summed E-state index contributed by atoms with van der Waals surface area (Å²) in [6, 6.07) is 7.44. The number of rotatable bonds is 3. The van der Waals surface area contributed by atoms with E-state index in [2.05, 4.69) is 21.4 Å². The van der Waals surface area contributed by atoms with E-state index in [1.54, 1.807) is 12.1 Å². The minimum Gasteiger partial charge on any atom is -0.366 e. The number of carbonyl (C=O) groups excluding carboxylic acids is 1. The van der Waals surface area contributed by atoms with Crippen molar-refractivity contribution < 1.29 is 9.63 Å². The molecular weight excluding hydrogens is 246 g/mol. The molecule has 0 aliphatic heterocycles. The van der Waals surface area contributed by atoms with Crippen LogP contribution in [0, 0.1) is 0 Å². The largest absolute Gasteiger partial charge is 0.366 e. The number of hydroxylamine groups is 1. The molecule has 0 radical (unpaired) electrons. The second kappa shape index (κ2) is 4.11. The van der Waals surface area contributed by atoms with Crippen molar-refractivity contribution in [1.82, 2.24) is 5.48 Å².